The molecule has 0 aromatic heterocycles. The summed E-state index contributed by atoms with van der Waals surface area (Å²) in [7, 11) is 0. The van der Waals surface area contributed by atoms with Crippen LogP contribution in [-0.4, -0.2) is 12.6 Å². The Hall–Kier alpha value is -0.340. The average Bonchev–Trinajstić information content (AvgIpc) is 3.21. The van der Waals surface area contributed by atoms with Crippen LogP contribution >= 0.6 is 15.9 Å². The largest absolute Gasteiger partial charge is 0.314 e. The fourth-order valence-electron chi connectivity index (χ4n) is 2.93. The molecule has 1 fully saturated rings. The van der Waals surface area contributed by atoms with Crippen molar-refractivity contribution in [2.24, 2.45) is 11.8 Å². The molecule has 1 aromatic rings. The van der Waals surface area contributed by atoms with Gasteiger partial charge in [-0.2, -0.15) is 0 Å². The van der Waals surface area contributed by atoms with Crippen molar-refractivity contribution in [3.05, 3.63) is 34.3 Å². The third-order valence-electron chi connectivity index (χ3n) is 4.35. The summed E-state index contributed by atoms with van der Waals surface area (Å²) < 4.78 is 1.20. The van der Waals surface area contributed by atoms with Gasteiger partial charge < -0.3 is 5.32 Å². The maximum Gasteiger partial charge on any atom is 0.0177 e. The van der Waals surface area contributed by atoms with Crippen LogP contribution in [0.5, 0.6) is 0 Å². The summed E-state index contributed by atoms with van der Waals surface area (Å²) >= 11 is 3.58. The summed E-state index contributed by atoms with van der Waals surface area (Å²) in [5, 5.41) is 3.73. The van der Waals surface area contributed by atoms with E-state index < -0.39 is 0 Å². The van der Waals surface area contributed by atoms with Crippen molar-refractivity contribution in [3.63, 3.8) is 0 Å². The lowest BCUT2D eigenvalue weighted by Crippen LogP contribution is -2.30. The minimum Gasteiger partial charge on any atom is -0.314 e. The molecule has 1 unspecified atom stereocenters. The zero-order chi connectivity index (χ0) is 13.7. The van der Waals surface area contributed by atoms with Crippen molar-refractivity contribution in [2.45, 2.75) is 52.0 Å². The molecule has 0 heterocycles. The predicted molar refractivity (Wildman–Crippen MR) is 86.4 cm³/mol. The van der Waals surface area contributed by atoms with Crippen LogP contribution < -0.4 is 5.32 Å². The van der Waals surface area contributed by atoms with Gasteiger partial charge in [0.15, 0.2) is 0 Å². The van der Waals surface area contributed by atoms with E-state index in [1.807, 2.05) is 0 Å². The fourth-order valence-corrected chi connectivity index (χ4v) is 3.38. The second kappa shape index (κ2) is 7.44. The molecule has 1 atom stereocenters. The molecule has 0 spiro atoms. The van der Waals surface area contributed by atoms with E-state index in [-0.39, 0.29) is 0 Å². The van der Waals surface area contributed by atoms with Crippen LogP contribution in [0.1, 0.15) is 45.1 Å². The number of halogens is 1. The Balaban J connectivity index is 1.98. The fraction of sp³-hybridized carbons (Fsp3) is 0.647. The minimum absolute atomic E-state index is 0.768. The van der Waals surface area contributed by atoms with Gasteiger partial charge in [-0.1, -0.05) is 54.8 Å². The molecule has 1 N–H and O–H groups in total. The zero-order valence-corrected chi connectivity index (χ0v) is 13.7. The lowest BCUT2D eigenvalue weighted by molar-refractivity contribution is 0.297. The van der Waals surface area contributed by atoms with E-state index in [0.29, 0.717) is 0 Å². The summed E-state index contributed by atoms with van der Waals surface area (Å²) in [5.41, 5.74) is 1.46. The normalized spacial score (nSPS) is 16.8. The van der Waals surface area contributed by atoms with Gasteiger partial charge in [0.05, 0.1) is 0 Å². The Morgan fingerprint density at radius 2 is 1.95 bits per heavy atom. The number of hydrogen-bond donors (Lipinski definition) is 1. The van der Waals surface area contributed by atoms with Crippen LogP contribution in [0.15, 0.2) is 28.7 Å². The first-order chi connectivity index (χ1) is 9.22. The van der Waals surface area contributed by atoms with E-state index in [2.05, 4.69) is 59.4 Å². The SMILES string of the molecule is CCC(CC)C(CNC1CC1)Cc1cccc(Br)c1. The third-order valence-corrected chi connectivity index (χ3v) is 4.84. The van der Waals surface area contributed by atoms with Crippen LogP contribution in [0, 0.1) is 11.8 Å². The van der Waals surface area contributed by atoms with Gasteiger partial charge in [-0.3, -0.25) is 0 Å². The van der Waals surface area contributed by atoms with Crippen LogP contribution in [0.2, 0.25) is 0 Å². The van der Waals surface area contributed by atoms with Crippen molar-refractivity contribution < 1.29 is 0 Å². The maximum atomic E-state index is 3.73. The van der Waals surface area contributed by atoms with Crippen LogP contribution in [-0.2, 0) is 6.42 Å². The molecular weight excluding hydrogens is 298 g/mol. The summed E-state index contributed by atoms with van der Waals surface area (Å²) in [6.45, 7) is 5.85. The standard InChI is InChI=1S/C17H26BrN/c1-3-14(4-2)15(12-19-17-8-9-17)10-13-6-5-7-16(18)11-13/h5-7,11,14-15,17,19H,3-4,8-10,12H2,1-2H3. The molecule has 106 valence electrons. The highest BCUT2D eigenvalue weighted by Gasteiger charge is 2.24. The smallest absolute Gasteiger partial charge is 0.0177 e. The van der Waals surface area contributed by atoms with Crippen molar-refractivity contribution in [2.75, 3.05) is 6.54 Å². The van der Waals surface area contributed by atoms with Gasteiger partial charge in [-0.25, -0.2) is 0 Å². The molecule has 0 aliphatic heterocycles. The summed E-state index contributed by atoms with van der Waals surface area (Å²) in [5.74, 6) is 1.61. The molecular formula is C17H26BrN. The van der Waals surface area contributed by atoms with Gasteiger partial charge in [0.1, 0.15) is 0 Å². The van der Waals surface area contributed by atoms with Gasteiger partial charge in [0.2, 0.25) is 0 Å². The minimum atomic E-state index is 0.768. The summed E-state index contributed by atoms with van der Waals surface area (Å²) in [4.78, 5) is 0. The molecule has 19 heavy (non-hydrogen) atoms. The first-order valence-corrected chi connectivity index (χ1v) is 8.50. The topological polar surface area (TPSA) is 12.0 Å². The van der Waals surface area contributed by atoms with Crippen LogP contribution in [0.4, 0.5) is 0 Å². The molecule has 2 heteroatoms. The first-order valence-electron chi connectivity index (χ1n) is 7.70. The third kappa shape index (κ3) is 4.92. The van der Waals surface area contributed by atoms with Gasteiger partial charge in [0, 0.05) is 10.5 Å². The Kier molecular flexibility index (Phi) is 5.90. The lowest BCUT2D eigenvalue weighted by atomic mass is 9.83. The van der Waals surface area contributed by atoms with Gasteiger partial charge in [-0.05, 0) is 55.3 Å². The maximum absolute atomic E-state index is 3.73. The number of benzene rings is 1. The van der Waals surface area contributed by atoms with Crippen molar-refractivity contribution in [1.29, 1.82) is 0 Å². The molecule has 0 amide bonds. The molecule has 1 aromatic carbocycles. The van der Waals surface area contributed by atoms with E-state index in [0.717, 1.165) is 17.9 Å². The highest BCUT2D eigenvalue weighted by molar-refractivity contribution is 9.10. The van der Waals surface area contributed by atoms with E-state index in [1.165, 1.54) is 48.7 Å². The molecule has 1 nitrogen and oxygen atoms in total. The zero-order valence-electron chi connectivity index (χ0n) is 12.2. The summed E-state index contributed by atoms with van der Waals surface area (Å²) in [6, 6.07) is 9.61. The molecule has 2 rings (SSSR count). The molecule has 1 aliphatic rings. The molecule has 1 aliphatic carbocycles. The van der Waals surface area contributed by atoms with Crippen LogP contribution in [0.25, 0.3) is 0 Å². The Labute approximate surface area is 126 Å². The second-order valence-electron chi connectivity index (χ2n) is 5.85. The van der Waals surface area contributed by atoms with Gasteiger partial charge in [0.25, 0.3) is 0 Å². The van der Waals surface area contributed by atoms with Crippen molar-refractivity contribution in [3.8, 4) is 0 Å². The van der Waals surface area contributed by atoms with E-state index in [1.54, 1.807) is 0 Å². The Morgan fingerprint density at radius 1 is 1.21 bits per heavy atom. The summed E-state index contributed by atoms with van der Waals surface area (Å²) in [6.07, 6.45) is 6.55. The first kappa shape index (κ1) is 15.1. The lowest BCUT2D eigenvalue weighted by Gasteiger charge is -2.26. The number of nitrogens with one attached hydrogen (secondary N) is 1. The number of hydrogen-bond acceptors (Lipinski definition) is 1. The average molecular weight is 324 g/mol. The van der Waals surface area contributed by atoms with E-state index >= 15 is 0 Å². The molecule has 0 radical (unpaired) electrons. The van der Waals surface area contributed by atoms with E-state index in [9.17, 15) is 0 Å². The van der Waals surface area contributed by atoms with Crippen molar-refractivity contribution in [1.82, 2.24) is 5.32 Å². The predicted octanol–water partition coefficient (Wildman–Crippen LogP) is 4.80. The van der Waals surface area contributed by atoms with E-state index in [4.69, 9.17) is 0 Å². The quantitative estimate of drug-likeness (QED) is 0.724. The highest BCUT2D eigenvalue weighted by atomic mass is 79.9. The van der Waals surface area contributed by atoms with Crippen LogP contribution in [0.3, 0.4) is 0 Å². The molecule has 0 saturated heterocycles. The Bertz CT molecular complexity index is 383. The number of rotatable bonds is 8. The molecule has 1 saturated carbocycles. The van der Waals surface area contributed by atoms with Gasteiger partial charge in [-0.15, -0.1) is 0 Å². The second-order valence-corrected chi connectivity index (χ2v) is 6.77. The molecule has 0 bridgehead atoms. The highest BCUT2D eigenvalue weighted by Crippen LogP contribution is 2.26. The van der Waals surface area contributed by atoms with Crippen molar-refractivity contribution >= 4 is 15.9 Å². The van der Waals surface area contributed by atoms with Gasteiger partial charge >= 0.3 is 0 Å². The monoisotopic (exact) mass is 323 g/mol. The Morgan fingerprint density at radius 3 is 2.53 bits per heavy atom.